The normalized spacial score (nSPS) is 24.9. The van der Waals surface area contributed by atoms with Gasteiger partial charge in [0.2, 0.25) is 6.04 Å². The Kier molecular flexibility index (Phi) is 2.16. The molecule has 0 radical (unpaired) electrons. The summed E-state index contributed by atoms with van der Waals surface area (Å²) in [6.45, 7) is 4.37. The summed E-state index contributed by atoms with van der Waals surface area (Å²) in [6, 6.07) is -0.261. The van der Waals surface area contributed by atoms with Crippen LogP contribution in [0.3, 0.4) is 0 Å². The summed E-state index contributed by atoms with van der Waals surface area (Å²) in [5, 5.41) is 10.4. The van der Waals surface area contributed by atoms with Gasteiger partial charge in [-0.25, -0.2) is 0 Å². The van der Waals surface area contributed by atoms with Crippen LogP contribution in [-0.4, -0.2) is 11.0 Å². The molecule has 1 fully saturated rings. The summed E-state index contributed by atoms with van der Waals surface area (Å²) < 4.78 is 0. The van der Waals surface area contributed by atoms with Crippen molar-refractivity contribution in [2.24, 2.45) is 5.41 Å². The summed E-state index contributed by atoms with van der Waals surface area (Å²) in [7, 11) is 0. The zero-order chi connectivity index (χ0) is 8.48. The lowest BCUT2D eigenvalue weighted by Gasteiger charge is -2.30. The molecule has 0 aromatic rings. The molecule has 11 heavy (non-hydrogen) atoms. The highest BCUT2D eigenvalue weighted by atomic mass is 16.6. The summed E-state index contributed by atoms with van der Waals surface area (Å²) in [5.74, 6) is 0. The molecule has 0 bridgehead atoms. The van der Waals surface area contributed by atoms with E-state index in [4.69, 9.17) is 0 Å². The fraction of sp³-hybridized carbons (Fsp3) is 1.00. The fourth-order valence-electron chi connectivity index (χ4n) is 1.59. The molecule has 0 aromatic carbocycles. The molecule has 1 aliphatic carbocycles. The number of hydrogen-bond donors (Lipinski definition) is 0. The molecule has 64 valence electrons. The molecule has 0 spiro atoms. The number of rotatable bonds is 1. The van der Waals surface area contributed by atoms with Gasteiger partial charge in [-0.05, 0) is 18.3 Å². The molecule has 0 unspecified atom stereocenters. The van der Waals surface area contributed by atoms with Gasteiger partial charge in [-0.1, -0.05) is 13.8 Å². The highest BCUT2D eigenvalue weighted by Crippen LogP contribution is 2.35. The third-order valence-electron chi connectivity index (χ3n) is 2.61. The SMILES string of the molecule is CC1(C)CCC([N+](=O)[O-])CC1. The largest absolute Gasteiger partial charge is 0.264 e. The van der Waals surface area contributed by atoms with Crippen LogP contribution >= 0.6 is 0 Å². The summed E-state index contributed by atoms with van der Waals surface area (Å²) in [6.07, 6.45) is 3.53. The Hall–Kier alpha value is -0.600. The van der Waals surface area contributed by atoms with Gasteiger partial charge in [0.05, 0.1) is 0 Å². The van der Waals surface area contributed by atoms with Crippen LogP contribution in [0.1, 0.15) is 39.5 Å². The van der Waals surface area contributed by atoms with Crippen molar-refractivity contribution in [2.45, 2.75) is 45.6 Å². The van der Waals surface area contributed by atoms with E-state index < -0.39 is 0 Å². The van der Waals surface area contributed by atoms with Crippen molar-refractivity contribution in [3.05, 3.63) is 10.1 Å². The van der Waals surface area contributed by atoms with Gasteiger partial charge in [0.1, 0.15) is 0 Å². The van der Waals surface area contributed by atoms with Gasteiger partial charge in [0, 0.05) is 17.8 Å². The molecule has 0 saturated heterocycles. The molecule has 1 rings (SSSR count). The van der Waals surface area contributed by atoms with Crippen LogP contribution in [0.2, 0.25) is 0 Å². The summed E-state index contributed by atoms with van der Waals surface area (Å²) >= 11 is 0. The second-order valence-corrected chi connectivity index (χ2v) is 4.18. The average molecular weight is 157 g/mol. The molecule has 1 aliphatic rings. The molecule has 3 heteroatoms. The van der Waals surface area contributed by atoms with Gasteiger partial charge >= 0.3 is 0 Å². The van der Waals surface area contributed by atoms with Crippen LogP contribution in [0.25, 0.3) is 0 Å². The van der Waals surface area contributed by atoms with E-state index in [1.807, 2.05) is 0 Å². The third-order valence-corrected chi connectivity index (χ3v) is 2.61. The second-order valence-electron chi connectivity index (χ2n) is 4.18. The summed E-state index contributed by atoms with van der Waals surface area (Å²) in [5.41, 5.74) is 0.340. The Morgan fingerprint density at radius 1 is 1.36 bits per heavy atom. The van der Waals surface area contributed by atoms with E-state index in [1.165, 1.54) is 0 Å². The van der Waals surface area contributed by atoms with E-state index in [0.717, 1.165) is 25.7 Å². The van der Waals surface area contributed by atoms with Gasteiger partial charge in [-0.2, -0.15) is 0 Å². The second kappa shape index (κ2) is 2.80. The van der Waals surface area contributed by atoms with Crippen LogP contribution in [0, 0.1) is 15.5 Å². The molecule has 0 aliphatic heterocycles. The topological polar surface area (TPSA) is 43.1 Å². The molecule has 1 saturated carbocycles. The van der Waals surface area contributed by atoms with Gasteiger partial charge in [-0.15, -0.1) is 0 Å². The van der Waals surface area contributed by atoms with E-state index in [1.54, 1.807) is 0 Å². The molecule has 0 amide bonds. The predicted molar refractivity (Wildman–Crippen MR) is 43.0 cm³/mol. The monoisotopic (exact) mass is 157 g/mol. The Morgan fingerprint density at radius 2 is 1.82 bits per heavy atom. The van der Waals surface area contributed by atoms with Crippen LogP contribution in [-0.2, 0) is 0 Å². The molecular formula is C8H15NO2. The standard InChI is InChI=1S/C8H15NO2/c1-8(2)5-3-7(4-6-8)9(10)11/h7H,3-6H2,1-2H3. The number of hydrogen-bond acceptors (Lipinski definition) is 2. The number of nitrogens with zero attached hydrogens (tertiary/aromatic N) is 1. The minimum Gasteiger partial charge on any atom is -0.264 e. The fourth-order valence-corrected chi connectivity index (χ4v) is 1.59. The first-order chi connectivity index (χ1) is 5.01. The predicted octanol–water partition coefficient (Wildman–Crippen LogP) is 2.23. The molecule has 0 heterocycles. The smallest absolute Gasteiger partial charge is 0.213 e. The Morgan fingerprint density at radius 3 is 2.18 bits per heavy atom. The first kappa shape index (κ1) is 8.50. The molecule has 0 N–H and O–H groups in total. The lowest BCUT2D eigenvalue weighted by atomic mass is 9.76. The van der Waals surface area contributed by atoms with Crippen molar-refractivity contribution in [1.82, 2.24) is 0 Å². The van der Waals surface area contributed by atoms with Crippen molar-refractivity contribution in [2.75, 3.05) is 0 Å². The maximum atomic E-state index is 10.4. The maximum Gasteiger partial charge on any atom is 0.213 e. The van der Waals surface area contributed by atoms with Crippen LogP contribution in [0.15, 0.2) is 0 Å². The van der Waals surface area contributed by atoms with Crippen molar-refractivity contribution in [1.29, 1.82) is 0 Å². The lowest BCUT2D eigenvalue weighted by Crippen LogP contribution is -2.29. The van der Waals surface area contributed by atoms with Crippen molar-refractivity contribution in [3.63, 3.8) is 0 Å². The molecule has 3 nitrogen and oxygen atoms in total. The van der Waals surface area contributed by atoms with Gasteiger partial charge in [0.15, 0.2) is 0 Å². The van der Waals surface area contributed by atoms with Crippen LogP contribution in [0.4, 0.5) is 0 Å². The Bertz CT molecular complexity index is 155. The minimum atomic E-state index is -0.261. The van der Waals surface area contributed by atoms with Crippen molar-refractivity contribution >= 4 is 0 Å². The van der Waals surface area contributed by atoms with Gasteiger partial charge in [0.25, 0.3) is 0 Å². The molecule has 0 aromatic heterocycles. The zero-order valence-electron chi connectivity index (χ0n) is 7.17. The first-order valence-electron chi connectivity index (χ1n) is 4.15. The minimum absolute atomic E-state index is 0.130. The van der Waals surface area contributed by atoms with Crippen LogP contribution in [0.5, 0.6) is 0 Å². The Labute approximate surface area is 66.9 Å². The van der Waals surface area contributed by atoms with Gasteiger partial charge < -0.3 is 0 Å². The van der Waals surface area contributed by atoms with Crippen LogP contribution < -0.4 is 0 Å². The highest BCUT2D eigenvalue weighted by molar-refractivity contribution is 4.77. The van der Waals surface area contributed by atoms with E-state index in [2.05, 4.69) is 13.8 Å². The van der Waals surface area contributed by atoms with Crippen molar-refractivity contribution < 1.29 is 4.92 Å². The Balaban J connectivity index is 2.42. The third kappa shape index (κ3) is 2.17. The lowest BCUT2D eigenvalue weighted by molar-refractivity contribution is -0.527. The van der Waals surface area contributed by atoms with E-state index >= 15 is 0 Å². The maximum absolute atomic E-state index is 10.4. The van der Waals surface area contributed by atoms with E-state index in [9.17, 15) is 10.1 Å². The first-order valence-corrected chi connectivity index (χ1v) is 4.15. The van der Waals surface area contributed by atoms with E-state index in [-0.39, 0.29) is 11.0 Å². The molecular weight excluding hydrogens is 142 g/mol. The van der Waals surface area contributed by atoms with E-state index in [0.29, 0.717) is 5.41 Å². The van der Waals surface area contributed by atoms with Crippen molar-refractivity contribution in [3.8, 4) is 0 Å². The van der Waals surface area contributed by atoms with Gasteiger partial charge in [-0.3, -0.25) is 10.1 Å². The highest BCUT2D eigenvalue weighted by Gasteiger charge is 2.32. The number of nitro groups is 1. The summed E-state index contributed by atoms with van der Waals surface area (Å²) in [4.78, 5) is 10.2. The zero-order valence-corrected chi connectivity index (χ0v) is 7.17. The molecule has 0 atom stereocenters. The average Bonchev–Trinajstić information content (AvgIpc) is 1.86. The quantitative estimate of drug-likeness (QED) is 0.432.